The number of benzene rings is 2. The monoisotopic (exact) mass is 416 g/mol. The number of hydrogen-bond acceptors (Lipinski definition) is 3. The van der Waals surface area contributed by atoms with Crippen molar-refractivity contribution in [1.82, 2.24) is 0 Å². The Morgan fingerprint density at radius 3 is 2.21 bits per heavy atom. The van der Waals surface area contributed by atoms with Crippen LogP contribution in [0.2, 0.25) is 10.0 Å². The van der Waals surface area contributed by atoms with E-state index in [2.05, 4.69) is 5.10 Å². The number of amides is 1. The summed E-state index contributed by atoms with van der Waals surface area (Å²) in [6.45, 7) is 1.90. The number of carbonyl (C=O) groups excluding carboxylic acids is 1. The van der Waals surface area contributed by atoms with Crippen LogP contribution in [0.5, 0.6) is 0 Å². The van der Waals surface area contributed by atoms with Gasteiger partial charge in [0, 0.05) is 15.6 Å². The third-order valence-electron chi connectivity index (χ3n) is 4.48. The number of anilines is 1. The van der Waals surface area contributed by atoms with Crippen molar-refractivity contribution in [2.45, 2.75) is 19.8 Å². The number of halogens is 2. The van der Waals surface area contributed by atoms with Gasteiger partial charge in [-0.3, -0.25) is 4.79 Å². The van der Waals surface area contributed by atoms with Gasteiger partial charge in [0.05, 0.1) is 17.3 Å². The fraction of sp³-hybridized carbons (Fsp3) is 0.190. The number of hydrogen-bond donors (Lipinski definition) is 1. The zero-order chi connectivity index (χ0) is 20.3. The lowest BCUT2D eigenvalue weighted by Crippen LogP contribution is -2.28. The molecular weight excluding hydrogens is 399 g/mol. The van der Waals surface area contributed by atoms with Gasteiger partial charge in [0.2, 0.25) is 0 Å². The van der Waals surface area contributed by atoms with E-state index in [1.165, 1.54) is 5.01 Å². The standard InChI is InChI=1S/C21H18Cl2N2O3/c1-2-19-18(20(26)25(24-19)17-9-7-16(23)8-10-17)12-14(21(27)28)11-13-3-5-15(22)6-4-13/h3-11,18H,2,12H2,1H3,(H,27,28). The Morgan fingerprint density at radius 1 is 1.11 bits per heavy atom. The predicted molar refractivity (Wildman–Crippen MR) is 112 cm³/mol. The van der Waals surface area contributed by atoms with Crippen LogP contribution in [-0.2, 0) is 9.59 Å². The number of rotatable bonds is 6. The molecule has 1 heterocycles. The molecule has 1 atom stereocenters. The Bertz CT molecular complexity index is 951. The molecule has 144 valence electrons. The molecule has 5 nitrogen and oxygen atoms in total. The van der Waals surface area contributed by atoms with Crippen LogP contribution >= 0.6 is 23.2 Å². The van der Waals surface area contributed by atoms with Crippen LogP contribution in [-0.4, -0.2) is 22.7 Å². The predicted octanol–water partition coefficient (Wildman–Crippen LogP) is 5.28. The molecule has 1 N–H and O–H groups in total. The summed E-state index contributed by atoms with van der Waals surface area (Å²) in [4.78, 5) is 24.7. The molecule has 0 spiro atoms. The Kier molecular flexibility index (Phi) is 6.17. The second-order valence-electron chi connectivity index (χ2n) is 6.35. The van der Waals surface area contributed by atoms with Gasteiger partial charge in [-0.25, -0.2) is 9.80 Å². The van der Waals surface area contributed by atoms with Gasteiger partial charge in [0.1, 0.15) is 0 Å². The van der Waals surface area contributed by atoms with Gasteiger partial charge in [-0.05, 0) is 60.9 Å². The van der Waals surface area contributed by atoms with Crippen LogP contribution in [0.15, 0.2) is 59.2 Å². The molecule has 0 saturated carbocycles. The van der Waals surface area contributed by atoms with E-state index >= 15 is 0 Å². The first-order valence-electron chi connectivity index (χ1n) is 8.75. The first kappa shape index (κ1) is 20.1. The van der Waals surface area contributed by atoms with E-state index < -0.39 is 11.9 Å². The number of carbonyl (C=O) groups is 2. The van der Waals surface area contributed by atoms with Crippen LogP contribution in [0.25, 0.3) is 6.08 Å². The number of nitrogens with zero attached hydrogens (tertiary/aromatic N) is 2. The lowest BCUT2D eigenvalue weighted by Gasteiger charge is -2.15. The third kappa shape index (κ3) is 4.43. The summed E-state index contributed by atoms with van der Waals surface area (Å²) in [5.41, 5.74) is 2.10. The summed E-state index contributed by atoms with van der Waals surface area (Å²) in [5.74, 6) is -1.93. The Hall–Kier alpha value is -2.63. The van der Waals surface area contributed by atoms with Crippen molar-refractivity contribution in [2.75, 3.05) is 5.01 Å². The van der Waals surface area contributed by atoms with Crippen molar-refractivity contribution in [2.24, 2.45) is 11.0 Å². The van der Waals surface area contributed by atoms with Gasteiger partial charge in [-0.1, -0.05) is 42.3 Å². The summed E-state index contributed by atoms with van der Waals surface area (Å²) in [6.07, 6.45) is 2.17. The van der Waals surface area contributed by atoms with E-state index in [0.717, 1.165) is 0 Å². The SMILES string of the molecule is CCC1=NN(c2ccc(Cl)cc2)C(=O)C1CC(=Cc1ccc(Cl)cc1)C(=O)O. The van der Waals surface area contributed by atoms with E-state index in [4.69, 9.17) is 23.2 Å². The highest BCUT2D eigenvalue weighted by atomic mass is 35.5. The quantitative estimate of drug-likeness (QED) is 0.650. The lowest BCUT2D eigenvalue weighted by molar-refractivity contribution is -0.132. The summed E-state index contributed by atoms with van der Waals surface area (Å²) < 4.78 is 0. The molecule has 1 unspecified atom stereocenters. The van der Waals surface area contributed by atoms with E-state index in [9.17, 15) is 14.7 Å². The fourth-order valence-electron chi connectivity index (χ4n) is 3.02. The number of carboxylic acid groups (broad SMARTS) is 1. The third-order valence-corrected chi connectivity index (χ3v) is 4.98. The smallest absolute Gasteiger partial charge is 0.331 e. The molecule has 1 aliphatic rings. The van der Waals surface area contributed by atoms with Crippen molar-refractivity contribution in [1.29, 1.82) is 0 Å². The number of aliphatic carboxylic acids is 1. The Morgan fingerprint density at radius 2 is 1.68 bits per heavy atom. The van der Waals surface area contributed by atoms with Gasteiger partial charge < -0.3 is 5.11 Å². The molecule has 0 bridgehead atoms. The van der Waals surface area contributed by atoms with Crippen LogP contribution < -0.4 is 5.01 Å². The van der Waals surface area contributed by atoms with Gasteiger partial charge in [-0.2, -0.15) is 5.10 Å². The molecule has 0 aliphatic carbocycles. The zero-order valence-corrected chi connectivity index (χ0v) is 16.6. The molecule has 0 aromatic heterocycles. The van der Waals surface area contributed by atoms with E-state index in [-0.39, 0.29) is 17.9 Å². The molecule has 0 fully saturated rings. The topological polar surface area (TPSA) is 70.0 Å². The first-order valence-corrected chi connectivity index (χ1v) is 9.51. The average Bonchev–Trinajstić information content (AvgIpc) is 2.99. The van der Waals surface area contributed by atoms with Crippen LogP contribution in [0.4, 0.5) is 5.69 Å². The minimum Gasteiger partial charge on any atom is -0.478 e. The van der Waals surface area contributed by atoms with Gasteiger partial charge in [0.15, 0.2) is 0 Å². The molecule has 2 aromatic rings. The van der Waals surface area contributed by atoms with Crippen molar-refractivity contribution in [3.05, 3.63) is 69.7 Å². The van der Waals surface area contributed by atoms with Gasteiger partial charge in [-0.15, -0.1) is 0 Å². The number of hydrazone groups is 1. The largest absolute Gasteiger partial charge is 0.478 e. The maximum Gasteiger partial charge on any atom is 0.331 e. The van der Waals surface area contributed by atoms with E-state index in [1.807, 2.05) is 6.92 Å². The second kappa shape index (κ2) is 8.59. The normalized spacial score (nSPS) is 17.0. The van der Waals surface area contributed by atoms with E-state index in [0.29, 0.717) is 33.4 Å². The summed E-state index contributed by atoms with van der Waals surface area (Å²) >= 11 is 11.8. The van der Waals surface area contributed by atoms with Crippen molar-refractivity contribution < 1.29 is 14.7 Å². The maximum absolute atomic E-state index is 13.0. The molecular formula is C21H18Cl2N2O3. The minimum atomic E-state index is -1.07. The van der Waals surface area contributed by atoms with Gasteiger partial charge >= 0.3 is 5.97 Å². The average molecular weight is 417 g/mol. The molecule has 0 radical (unpaired) electrons. The number of carboxylic acids is 1. The highest BCUT2D eigenvalue weighted by molar-refractivity contribution is 6.31. The van der Waals surface area contributed by atoms with Gasteiger partial charge in [0.25, 0.3) is 5.91 Å². The maximum atomic E-state index is 13.0. The van der Waals surface area contributed by atoms with E-state index in [1.54, 1.807) is 54.6 Å². The summed E-state index contributed by atoms with van der Waals surface area (Å²) in [6, 6.07) is 13.6. The van der Waals surface area contributed by atoms with Crippen LogP contribution in [0, 0.1) is 5.92 Å². The van der Waals surface area contributed by atoms with Crippen molar-refractivity contribution in [3.8, 4) is 0 Å². The molecule has 28 heavy (non-hydrogen) atoms. The van der Waals surface area contributed by atoms with Crippen LogP contribution in [0.3, 0.4) is 0 Å². The Balaban J connectivity index is 1.87. The molecule has 1 amide bonds. The zero-order valence-electron chi connectivity index (χ0n) is 15.1. The molecule has 7 heteroatoms. The second-order valence-corrected chi connectivity index (χ2v) is 7.23. The fourth-order valence-corrected chi connectivity index (χ4v) is 3.27. The minimum absolute atomic E-state index is 0.0631. The highest BCUT2D eigenvalue weighted by Crippen LogP contribution is 2.30. The molecule has 0 saturated heterocycles. The summed E-state index contributed by atoms with van der Waals surface area (Å²) in [5, 5.41) is 16.5. The summed E-state index contributed by atoms with van der Waals surface area (Å²) in [7, 11) is 0. The molecule has 2 aromatic carbocycles. The molecule has 1 aliphatic heterocycles. The first-order chi connectivity index (χ1) is 13.4. The lowest BCUT2D eigenvalue weighted by atomic mass is 9.92. The molecule has 3 rings (SSSR count). The Labute approximate surface area is 172 Å². The van der Waals surface area contributed by atoms with Crippen molar-refractivity contribution in [3.63, 3.8) is 0 Å². The van der Waals surface area contributed by atoms with Crippen LogP contribution in [0.1, 0.15) is 25.3 Å². The van der Waals surface area contributed by atoms with Crippen molar-refractivity contribution >= 4 is 52.6 Å². The highest BCUT2D eigenvalue weighted by Gasteiger charge is 2.37.